The van der Waals surface area contributed by atoms with Gasteiger partial charge in [-0.05, 0) is 37.5 Å². The van der Waals surface area contributed by atoms with E-state index in [-0.39, 0.29) is 6.61 Å². The summed E-state index contributed by atoms with van der Waals surface area (Å²) < 4.78 is 14.5. The number of nitrogens with one attached hydrogen (secondary N) is 2. The standard InChI is InChI=1S/C34H36Cl3N3O8/c1-33(2,3)48-32(45)40-19-24(29(42)47-27(22-15-9-5-10-16-22)23-17-11-6-12-18-23)25(38-30(43)34(35,36)37)26(41)28(40)39-31(44)46-20-21-13-7-4-8-14-21/h4-18,24-28,41H,19-20H2,1-3H3,(H,38,43)(H,39,44)/t24-,25+,26+,28+/m1/s1. The Bertz CT molecular complexity index is 1510. The van der Waals surface area contributed by atoms with Gasteiger partial charge in [0.25, 0.3) is 9.70 Å². The number of aliphatic hydroxyl groups excluding tert-OH is 1. The maximum atomic E-state index is 14.1. The monoisotopic (exact) mass is 719 g/mol. The van der Waals surface area contributed by atoms with E-state index < -0.39 is 70.3 Å². The molecule has 1 aliphatic heterocycles. The van der Waals surface area contributed by atoms with Crippen LogP contribution in [0.15, 0.2) is 91.0 Å². The van der Waals surface area contributed by atoms with Crippen LogP contribution in [0, 0.1) is 5.92 Å². The van der Waals surface area contributed by atoms with Gasteiger partial charge in [-0.15, -0.1) is 0 Å². The van der Waals surface area contributed by atoms with Crippen LogP contribution in [-0.2, 0) is 30.4 Å². The van der Waals surface area contributed by atoms with E-state index in [2.05, 4.69) is 10.6 Å². The van der Waals surface area contributed by atoms with Gasteiger partial charge in [0, 0.05) is 6.54 Å². The summed E-state index contributed by atoms with van der Waals surface area (Å²) in [6.07, 6.45) is -6.29. The van der Waals surface area contributed by atoms with Crippen LogP contribution in [0.5, 0.6) is 0 Å². The first-order chi connectivity index (χ1) is 22.6. The molecule has 3 N–H and O–H groups in total. The molecule has 4 rings (SSSR count). The molecule has 11 nitrogen and oxygen atoms in total. The van der Waals surface area contributed by atoms with Gasteiger partial charge in [0.2, 0.25) is 0 Å². The molecule has 0 aromatic heterocycles. The van der Waals surface area contributed by atoms with Gasteiger partial charge in [-0.1, -0.05) is 126 Å². The minimum absolute atomic E-state index is 0.120. The molecular weight excluding hydrogens is 685 g/mol. The molecule has 0 aliphatic carbocycles. The predicted octanol–water partition coefficient (Wildman–Crippen LogP) is 5.65. The normalized spacial score (nSPS) is 19.6. The minimum Gasteiger partial charge on any atom is -0.452 e. The molecule has 1 fully saturated rings. The zero-order chi connectivity index (χ0) is 35.1. The molecular formula is C34H36Cl3N3O8. The number of amides is 3. The fourth-order valence-electron chi connectivity index (χ4n) is 5.04. The van der Waals surface area contributed by atoms with Crippen LogP contribution in [-0.4, -0.2) is 68.3 Å². The van der Waals surface area contributed by atoms with Gasteiger partial charge in [0.1, 0.15) is 24.5 Å². The number of piperidine rings is 1. The Kier molecular flexibility index (Phi) is 12.2. The highest BCUT2D eigenvalue weighted by Crippen LogP contribution is 2.33. The Morgan fingerprint density at radius 3 is 1.88 bits per heavy atom. The van der Waals surface area contributed by atoms with Crippen LogP contribution in [0.1, 0.15) is 43.6 Å². The molecule has 48 heavy (non-hydrogen) atoms. The molecule has 256 valence electrons. The summed E-state index contributed by atoms with van der Waals surface area (Å²) in [5, 5.41) is 16.6. The Labute approximate surface area is 293 Å². The Balaban J connectivity index is 1.69. The summed E-state index contributed by atoms with van der Waals surface area (Å²) in [7, 11) is 0. The number of hydrogen-bond acceptors (Lipinski definition) is 8. The molecule has 0 unspecified atom stereocenters. The molecule has 1 aliphatic rings. The quantitative estimate of drug-likeness (QED) is 0.154. The van der Waals surface area contributed by atoms with Crippen molar-refractivity contribution >= 4 is 58.9 Å². The second-order valence-corrected chi connectivity index (χ2v) is 14.3. The third-order valence-electron chi connectivity index (χ3n) is 7.26. The smallest absolute Gasteiger partial charge is 0.412 e. The largest absolute Gasteiger partial charge is 0.452 e. The van der Waals surface area contributed by atoms with Crippen LogP contribution < -0.4 is 10.6 Å². The number of alkyl halides is 3. The summed E-state index contributed by atoms with van der Waals surface area (Å²) in [6.45, 7) is 4.27. The fraction of sp³-hybridized carbons (Fsp3) is 0.353. The number of hydrogen-bond donors (Lipinski definition) is 3. The van der Waals surface area contributed by atoms with Crippen LogP contribution in [0.3, 0.4) is 0 Å². The Morgan fingerprint density at radius 2 is 1.38 bits per heavy atom. The zero-order valence-electron chi connectivity index (χ0n) is 26.3. The maximum Gasteiger partial charge on any atom is 0.412 e. The lowest BCUT2D eigenvalue weighted by atomic mass is 9.87. The number of carbonyl (C=O) groups is 4. The number of likely N-dealkylation sites (tertiary alicyclic amines) is 1. The molecule has 0 bridgehead atoms. The number of carbonyl (C=O) groups excluding carboxylic acids is 4. The lowest BCUT2D eigenvalue weighted by Crippen LogP contribution is -2.71. The van der Waals surface area contributed by atoms with Crippen LogP contribution in [0.2, 0.25) is 0 Å². The van der Waals surface area contributed by atoms with Gasteiger partial charge in [-0.25, -0.2) is 9.59 Å². The molecule has 3 amide bonds. The highest BCUT2D eigenvalue weighted by molar-refractivity contribution is 6.76. The van der Waals surface area contributed by atoms with Gasteiger partial charge in [-0.2, -0.15) is 0 Å². The van der Waals surface area contributed by atoms with E-state index in [1.165, 1.54) is 0 Å². The third kappa shape index (κ3) is 9.99. The Morgan fingerprint density at radius 1 is 0.854 bits per heavy atom. The summed E-state index contributed by atoms with van der Waals surface area (Å²) in [5.41, 5.74) is 0.964. The Hall–Kier alpha value is -4.03. The van der Waals surface area contributed by atoms with Gasteiger partial charge in [0.15, 0.2) is 6.10 Å². The highest BCUT2D eigenvalue weighted by atomic mass is 35.6. The summed E-state index contributed by atoms with van der Waals surface area (Å²) >= 11 is 17.5. The SMILES string of the molecule is CC(C)(C)OC(=O)N1C[C@@H](C(=O)OC(c2ccccc2)c2ccccc2)[C@H](NC(=O)C(Cl)(Cl)Cl)[C@H](O)[C@H]1NC(=O)OCc1ccccc1. The molecule has 14 heteroatoms. The molecule has 0 radical (unpaired) electrons. The number of rotatable bonds is 8. The zero-order valence-corrected chi connectivity index (χ0v) is 28.6. The average molecular weight is 721 g/mol. The van der Waals surface area contributed by atoms with Crippen molar-refractivity contribution < 1.29 is 38.5 Å². The van der Waals surface area contributed by atoms with E-state index in [0.717, 1.165) is 4.90 Å². The van der Waals surface area contributed by atoms with Crippen molar-refractivity contribution in [2.24, 2.45) is 5.92 Å². The third-order valence-corrected chi connectivity index (χ3v) is 7.77. The van der Waals surface area contributed by atoms with Crippen LogP contribution in [0.4, 0.5) is 9.59 Å². The first-order valence-corrected chi connectivity index (χ1v) is 16.1. The molecule has 3 aromatic rings. The van der Waals surface area contributed by atoms with Crippen molar-refractivity contribution in [2.45, 2.75) is 61.2 Å². The van der Waals surface area contributed by atoms with Crippen molar-refractivity contribution in [3.63, 3.8) is 0 Å². The van der Waals surface area contributed by atoms with E-state index >= 15 is 0 Å². The minimum atomic E-state index is -2.48. The number of aliphatic hydroxyl groups is 1. The molecule has 0 spiro atoms. The highest BCUT2D eigenvalue weighted by Gasteiger charge is 2.52. The van der Waals surface area contributed by atoms with Gasteiger partial charge in [0.05, 0.1) is 12.0 Å². The molecule has 3 aromatic carbocycles. The van der Waals surface area contributed by atoms with Gasteiger partial charge >= 0.3 is 18.2 Å². The lowest BCUT2D eigenvalue weighted by Gasteiger charge is -2.46. The van der Waals surface area contributed by atoms with Crippen molar-refractivity contribution in [1.29, 1.82) is 0 Å². The van der Waals surface area contributed by atoms with Crippen LogP contribution in [0.25, 0.3) is 0 Å². The number of nitrogens with zero attached hydrogens (tertiary/aromatic N) is 1. The topological polar surface area (TPSA) is 144 Å². The first-order valence-electron chi connectivity index (χ1n) is 15.0. The fourth-order valence-corrected chi connectivity index (χ4v) is 5.21. The number of benzene rings is 3. The second-order valence-electron chi connectivity index (χ2n) is 12.0. The van der Waals surface area contributed by atoms with E-state index in [0.29, 0.717) is 16.7 Å². The number of alkyl carbamates (subject to hydrolysis) is 1. The number of halogens is 3. The van der Waals surface area contributed by atoms with E-state index in [9.17, 15) is 24.3 Å². The summed E-state index contributed by atoms with van der Waals surface area (Å²) in [4.78, 5) is 54.5. The molecule has 0 saturated carbocycles. The maximum absolute atomic E-state index is 14.1. The predicted molar refractivity (Wildman–Crippen MR) is 179 cm³/mol. The number of ether oxygens (including phenoxy) is 3. The summed E-state index contributed by atoms with van der Waals surface area (Å²) in [6, 6.07) is 25.1. The van der Waals surface area contributed by atoms with Crippen molar-refractivity contribution in [1.82, 2.24) is 15.5 Å². The van der Waals surface area contributed by atoms with Crippen molar-refractivity contribution in [3.8, 4) is 0 Å². The van der Waals surface area contributed by atoms with Crippen molar-refractivity contribution in [3.05, 3.63) is 108 Å². The van der Waals surface area contributed by atoms with Crippen LogP contribution >= 0.6 is 34.8 Å². The second kappa shape index (κ2) is 15.9. The van der Waals surface area contributed by atoms with Crippen molar-refractivity contribution in [2.75, 3.05) is 6.54 Å². The lowest BCUT2D eigenvalue weighted by molar-refractivity contribution is -0.161. The molecule has 4 atom stereocenters. The van der Waals surface area contributed by atoms with Gasteiger partial charge in [-0.3, -0.25) is 19.8 Å². The molecule has 1 heterocycles. The van der Waals surface area contributed by atoms with Gasteiger partial charge < -0.3 is 24.6 Å². The summed E-state index contributed by atoms with van der Waals surface area (Å²) in [5.74, 6) is -3.50. The first kappa shape index (κ1) is 36.8. The van der Waals surface area contributed by atoms with E-state index in [1.807, 2.05) is 12.1 Å². The number of esters is 1. The van der Waals surface area contributed by atoms with E-state index in [1.54, 1.807) is 99.6 Å². The van der Waals surface area contributed by atoms with E-state index in [4.69, 9.17) is 49.0 Å². The molecule has 1 saturated heterocycles. The average Bonchev–Trinajstić information content (AvgIpc) is 3.04.